The number of aryl methyl sites for hydroxylation is 1. The van der Waals surface area contributed by atoms with Crippen molar-refractivity contribution in [3.63, 3.8) is 0 Å². The van der Waals surface area contributed by atoms with Crippen molar-refractivity contribution >= 4 is 35.8 Å². The third-order valence-electron chi connectivity index (χ3n) is 4.09. The minimum Gasteiger partial charge on any atom is -0.357 e. The first-order valence-electron chi connectivity index (χ1n) is 9.37. The fraction of sp³-hybridized carbons (Fsp3) is 0.474. The Morgan fingerprint density at radius 2 is 2.07 bits per heavy atom. The zero-order valence-electron chi connectivity index (χ0n) is 16.7. The third kappa shape index (κ3) is 7.45. The van der Waals surface area contributed by atoms with Gasteiger partial charge in [0.25, 0.3) is 5.91 Å². The van der Waals surface area contributed by atoms with Gasteiger partial charge in [-0.25, -0.2) is 0 Å². The van der Waals surface area contributed by atoms with E-state index in [1.54, 1.807) is 13.4 Å². The number of nitrogens with one attached hydrogen (secondary N) is 3. The number of carbonyl (C=O) groups excluding carboxylic acids is 1. The molecule has 154 valence electrons. The van der Waals surface area contributed by atoms with Gasteiger partial charge in [0.15, 0.2) is 5.96 Å². The van der Waals surface area contributed by atoms with Crippen LogP contribution in [0.5, 0.6) is 0 Å². The minimum absolute atomic E-state index is 0. The van der Waals surface area contributed by atoms with Crippen molar-refractivity contribution in [2.45, 2.75) is 33.2 Å². The van der Waals surface area contributed by atoms with Crippen molar-refractivity contribution in [3.8, 4) is 0 Å². The average molecular weight is 499 g/mol. The molecular weight excluding hydrogens is 469 g/mol. The Morgan fingerprint density at radius 1 is 1.25 bits per heavy atom. The SMILES string of the molecule is CCNC(=NCCc1cccc(C(=O)NC)c1)NCCn1cnnc1CC.I. The van der Waals surface area contributed by atoms with Gasteiger partial charge in [-0.1, -0.05) is 19.1 Å². The van der Waals surface area contributed by atoms with Crippen LogP contribution in [0.2, 0.25) is 0 Å². The molecule has 0 bridgehead atoms. The highest BCUT2D eigenvalue weighted by Crippen LogP contribution is 2.06. The smallest absolute Gasteiger partial charge is 0.251 e. The molecule has 1 heterocycles. The van der Waals surface area contributed by atoms with Crippen molar-refractivity contribution in [1.29, 1.82) is 0 Å². The molecular formula is C19H30IN7O. The Bertz CT molecular complexity index is 760. The molecule has 28 heavy (non-hydrogen) atoms. The number of aliphatic imine (C=N–C) groups is 1. The zero-order chi connectivity index (χ0) is 19.5. The Labute approximate surface area is 183 Å². The molecule has 0 atom stereocenters. The summed E-state index contributed by atoms with van der Waals surface area (Å²) in [6.07, 6.45) is 3.39. The number of nitrogens with zero attached hydrogens (tertiary/aromatic N) is 4. The van der Waals surface area contributed by atoms with Crippen molar-refractivity contribution < 1.29 is 4.79 Å². The van der Waals surface area contributed by atoms with E-state index in [0.717, 1.165) is 49.8 Å². The van der Waals surface area contributed by atoms with Crippen molar-refractivity contribution in [3.05, 3.63) is 47.5 Å². The Hall–Kier alpha value is -2.17. The van der Waals surface area contributed by atoms with Crippen LogP contribution < -0.4 is 16.0 Å². The van der Waals surface area contributed by atoms with Gasteiger partial charge in [0.05, 0.1) is 0 Å². The molecule has 1 amide bonds. The summed E-state index contributed by atoms with van der Waals surface area (Å²) in [5, 5.41) is 17.3. The Balaban J connectivity index is 0.00000392. The van der Waals surface area contributed by atoms with Crippen LogP contribution in [0.1, 0.15) is 35.6 Å². The van der Waals surface area contributed by atoms with E-state index in [-0.39, 0.29) is 29.9 Å². The maximum absolute atomic E-state index is 11.7. The van der Waals surface area contributed by atoms with E-state index in [9.17, 15) is 4.79 Å². The zero-order valence-corrected chi connectivity index (χ0v) is 19.1. The lowest BCUT2D eigenvalue weighted by molar-refractivity contribution is 0.0963. The van der Waals surface area contributed by atoms with Gasteiger partial charge in [0.2, 0.25) is 0 Å². The molecule has 2 aromatic rings. The molecule has 0 unspecified atom stereocenters. The van der Waals surface area contributed by atoms with Gasteiger partial charge in [-0.15, -0.1) is 34.2 Å². The summed E-state index contributed by atoms with van der Waals surface area (Å²) < 4.78 is 2.04. The van der Waals surface area contributed by atoms with E-state index < -0.39 is 0 Å². The highest BCUT2D eigenvalue weighted by atomic mass is 127. The average Bonchev–Trinajstić information content (AvgIpc) is 3.15. The number of guanidine groups is 1. The third-order valence-corrected chi connectivity index (χ3v) is 4.09. The second kappa shape index (κ2) is 13.1. The van der Waals surface area contributed by atoms with Gasteiger partial charge >= 0.3 is 0 Å². The lowest BCUT2D eigenvalue weighted by Gasteiger charge is -2.12. The summed E-state index contributed by atoms with van der Waals surface area (Å²) >= 11 is 0. The van der Waals surface area contributed by atoms with Crippen molar-refractivity contribution in [1.82, 2.24) is 30.7 Å². The normalized spacial score (nSPS) is 10.9. The van der Waals surface area contributed by atoms with Gasteiger partial charge in [-0.2, -0.15) is 0 Å². The lowest BCUT2D eigenvalue weighted by atomic mass is 10.1. The Morgan fingerprint density at radius 3 is 2.79 bits per heavy atom. The van der Waals surface area contributed by atoms with Gasteiger partial charge in [-0.05, 0) is 31.0 Å². The lowest BCUT2D eigenvalue weighted by Crippen LogP contribution is -2.39. The second-order valence-corrected chi connectivity index (χ2v) is 6.01. The summed E-state index contributed by atoms with van der Waals surface area (Å²) in [5.41, 5.74) is 1.76. The van der Waals surface area contributed by atoms with E-state index in [1.807, 2.05) is 35.8 Å². The van der Waals surface area contributed by atoms with Crippen LogP contribution in [-0.4, -0.2) is 53.3 Å². The molecule has 3 N–H and O–H groups in total. The number of amides is 1. The molecule has 9 heteroatoms. The summed E-state index contributed by atoms with van der Waals surface area (Å²) in [6.45, 7) is 7.07. The molecule has 0 radical (unpaired) electrons. The summed E-state index contributed by atoms with van der Waals surface area (Å²) in [6, 6.07) is 7.64. The monoisotopic (exact) mass is 499 g/mol. The van der Waals surface area contributed by atoms with Gasteiger partial charge in [-0.3, -0.25) is 9.79 Å². The molecule has 1 aromatic heterocycles. The van der Waals surface area contributed by atoms with E-state index in [0.29, 0.717) is 12.1 Å². The van der Waals surface area contributed by atoms with Crippen molar-refractivity contribution in [2.75, 3.05) is 26.7 Å². The number of benzene rings is 1. The molecule has 0 aliphatic rings. The molecule has 0 saturated heterocycles. The predicted molar refractivity (Wildman–Crippen MR) is 122 cm³/mol. The molecule has 0 spiro atoms. The second-order valence-electron chi connectivity index (χ2n) is 6.01. The topological polar surface area (TPSA) is 96.2 Å². The van der Waals surface area contributed by atoms with Crippen molar-refractivity contribution in [2.24, 2.45) is 4.99 Å². The van der Waals surface area contributed by atoms with Crippen LogP contribution in [0.3, 0.4) is 0 Å². The first-order chi connectivity index (χ1) is 13.2. The van der Waals surface area contributed by atoms with Crippen LogP contribution in [0, 0.1) is 0 Å². The Kier molecular flexibility index (Phi) is 11.2. The largest absolute Gasteiger partial charge is 0.357 e. The number of aromatic nitrogens is 3. The fourth-order valence-electron chi connectivity index (χ4n) is 2.69. The molecule has 0 aliphatic carbocycles. The summed E-state index contributed by atoms with van der Waals surface area (Å²) in [5.74, 6) is 1.69. The van der Waals surface area contributed by atoms with Crippen LogP contribution >= 0.6 is 24.0 Å². The fourth-order valence-corrected chi connectivity index (χ4v) is 2.69. The summed E-state index contributed by atoms with van der Waals surface area (Å²) in [4.78, 5) is 16.3. The van der Waals surface area contributed by atoms with E-state index in [1.165, 1.54) is 0 Å². The van der Waals surface area contributed by atoms with E-state index in [4.69, 9.17) is 0 Å². The quantitative estimate of drug-likeness (QED) is 0.277. The number of hydrogen-bond acceptors (Lipinski definition) is 4. The molecule has 1 aromatic carbocycles. The first kappa shape index (κ1) is 23.9. The van der Waals surface area contributed by atoms with Gasteiger partial charge in [0, 0.05) is 45.2 Å². The maximum atomic E-state index is 11.7. The summed E-state index contributed by atoms with van der Waals surface area (Å²) in [7, 11) is 1.64. The minimum atomic E-state index is -0.0733. The highest BCUT2D eigenvalue weighted by Gasteiger charge is 2.04. The van der Waals surface area contributed by atoms with Gasteiger partial charge in [0.1, 0.15) is 12.2 Å². The molecule has 0 aliphatic heterocycles. The van der Waals surface area contributed by atoms with Crippen LogP contribution in [0.25, 0.3) is 0 Å². The highest BCUT2D eigenvalue weighted by molar-refractivity contribution is 14.0. The first-order valence-corrected chi connectivity index (χ1v) is 9.37. The molecule has 0 fully saturated rings. The van der Waals surface area contributed by atoms with E-state index in [2.05, 4.69) is 38.1 Å². The molecule has 2 rings (SSSR count). The molecule has 8 nitrogen and oxygen atoms in total. The predicted octanol–water partition coefficient (Wildman–Crippen LogP) is 1.62. The number of rotatable bonds is 9. The number of halogens is 1. The van der Waals surface area contributed by atoms with Crippen LogP contribution in [0.15, 0.2) is 35.6 Å². The van der Waals surface area contributed by atoms with Crippen LogP contribution in [-0.2, 0) is 19.4 Å². The number of hydrogen-bond donors (Lipinski definition) is 3. The van der Waals surface area contributed by atoms with Crippen LogP contribution in [0.4, 0.5) is 0 Å². The number of carbonyl (C=O) groups is 1. The van der Waals surface area contributed by atoms with Gasteiger partial charge < -0.3 is 20.5 Å². The standard InChI is InChI=1S/C19H29N7O.HI/c1-4-17-25-24-14-26(17)12-11-23-19(21-5-2)22-10-9-15-7-6-8-16(13-15)18(27)20-3;/h6-8,13-14H,4-5,9-12H2,1-3H3,(H,20,27)(H2,21,22,23);1H. The molecule has 0 saturated carbocycles. The van der Waals surface area contributed by atoms with E-state index >= 15 is 0 Å². The maximum Gasteiger partial charge on any atom is 0.251 e.